The van der Waals surface area contributed by atoms with Gasteiger partial charge in [0, 0.05) is 45.0 Å². The van der Waals surface area contributed by atoms with E-state index in [0.29, 0.717) is 12.5 Å². The first-order chi connectivity index (χ1) is 10.8. The molecular formula is C17H25N3O2. The summed E-state index contributed by atoms with van der Waals surface area (Å²) in [7, 11) is 1.69. The molecule has 0 N–H and O–H groups in total. The van der Waals surface area contributed by atoms with Gasteiger partial charge in [0.1, 0.15) is 5.75 Å². The van der Waals surface area contributed by atoms with Crippen LogP contribution in [-0.2, 0) is 4.79 Å². The molecule has 0 spiro atoms. The van der Waals surface area contributed by atoms with Gasteiger partial charge in [0.05, 0.1) is 13.7 Å². The molecule has 1 amide bonds. The number of carbonyl (C=O) groups excluding carboxylic acids is 1. The lowest BCUT2D eigenvalue weighted by atomic mass is 10.2. The number of ether oxygens (including phenoxy) is 1. The van der Waals surface area contributed by atoms with Crippen molar-refractivity contribution >= 4 is 11.6 Å². The number of nitrogens with zero attached hydrogens (tertiary/aromatic N) is 3. The van der Waals surface area contributed by atoms with Gasteiger partial charge in [0.25, 0.3) is 0 Å². The molecule has 2 aliphatic rings. The zero-order valence-corrected chi connectivity index (χ0v) is 13.3. The zero-order chi connectivity index (χ0) is 15.4. The number of amides is 1. The van der Waals surface area contributed by atoms with Crippen molar-refractivity contribution in [3.8, 4) is 5.75 Å². The standard InChI is InChI=1S/C17H25N3O2/c1-22-16-6-4-15(5-7-16)19-12-10-18(11-13-19)14-17(21)20-8-2-3-9-20/h4-7H,2-3,8-14H2,1H3. The number of piperazine rings is 1. The Morgan fingerprint density at radius 3 is 2.23 bits per heavy atom. The molecule has 2 heterocycles. The van der Waals surface area contributed by atoms with Crippen molar-refractivity contribution in [2.75, 3.05) is 57.8 Å². The van der Waals surface area contributed by atoms with E-state index in [1.165, 1.54) is 5.69 Å². The molecule has 22 heavy (non-hydrogen) atoms. The van der Waals surface area contributed by atoms with Gasteiger partial charge in [-0.1, -0.05) is 0 Å². The number of methoxy groups -OCH3 is 1. The summed E-state index contributed by atoms with van der Waals surface area (Å²) in [5, 5.41) is 0. The fraction of sp³-hybridized carbons (Fsp3) is 0.588. The third-order valence-corrected chi connectivity index (χ3v) is 4.63. The van der Waals surface area contributed by atoms with Crippen LogP contribution < -0.4 is 9.64 Å². The van der Waals surface area contributed by atoms with E-state index in [9.17, 15) is 4.79 Å². The molecule has 2 fully saturated rings. The number of likely N-dealkylation sites (tertiary alicyclic amines) is 1. The Labute approximate surface area is 132 Å². The Morgan fingerprint density at radius 2 is 1.64 bits per heavy atom. The van der Waals surface area contributed by atoms with Gasteiger partial charge < -0.3 is 14.5 Å². The van der Waals surface area contributed by atoms with Crippen LogP contribution in [0.5, 0.6) is 5.75 Å². The minimum Gasteiger partial charge on any atom is -0.497 e. The van der Waals surface area contributed by atoms with Crippen LogP contribution in [-0.4, -0.2) is 68.6 Å². The van der Waals surface area contributed by atoms with Gasteiger partial charge in [-0.3, -0.25) is 9.69 Å². The number of rotatable bonds is 4. The number of hydrogen-bond acceptors (Lipinski definition) is 4. The molecule has 0 radical (unpaired) electrons. The maximum atomic E-state index is 12.2. The van der Waals surface area contributed by atoms with Crippen LogP contribution in [0.4, 0.5) is 5.69 Å². The molecule has 0 bridgehead atoms. The fourth-order valence-corrected chi connectivity index (χ4v) is 3.22. The molecule has 0 atom stereocenters. The van der Waals surface area contributed by atoms with Crippen molar-refractivity contribution < 1.29 is 9.53 Å². The van der Waals surface area contributed by atoms with Crippen molar-refractivity contribution in [3.63, 3.8) is 0 Å². The van der Waals surface area contributed by atoms with Crippen molar-refractivity contribution in [1.29, 1.82) is 0 Å². The third-order valence-electron chi connectivity index (χ3n) is 4.63. The first-order valence-corrected chi connectivity index (χ1v) is 8.15. The molecule has 5 nitrogen and oxygen atoms in total. The van der Waals surface area contributed by atoms with E-state index >= 15 is 0 Å². The van der Waals surface area contributed by atoms with Gasteiger partial charge in [0.2, 0.25) is 5.91 Å². The summed E-state index contributed by atoms with van der Waals surface area (Å²) in [5.74, 6) is 1.19. The lowest BCUT2D eigenvalue weighted by Gasteiger charge is -2.36. The molecule has 3 rings (SSSR count). The van der Waals surface area contributed by atoms with Gasteiger partial charge in [-0.2, -0.15) is 0 Å². The highest BCUT2D eigenvalue weighted by Crippen LogP contribution is 2.20. The second-order valence-corrected chi connectivity index (χ2v) is 6.05. The Balaban J connectivity index is 1.48. The first-order valence-electron chi connectivity index (χ1n) is 8.15. The summed E-state index contributed by atoms with van der Waals surface area (Å²) in [6.45, 7) is 6.32. The summed E-state index contributed by atoms with van der Waals surface area (Å²) >= 11 is 0. The van der Waals surface area contributed by atoms with Gasteiger partial charge in [-0.25, -0.2) is 0 Å². The smallest absolute Gasteiger partial charge is 0.236 e. The predicted molar refractivity (Wildman–Crippen MR) is 87.5 cm³/mol. The topological polar surface area (TPSA) is 36.0 Å². The minimum atomic E-state index is 0.301. The Hall–Kier alpha value is -1.75. The molecule has 0 aromatic heterocycles. The average Bonchev–Trinajstić information content (AvgIpc) is 3.10. The van der Waals surface area contributed by atoms with Crippen LogP contribution in [0.1, 0.15) is 12.8 Å². The number of carbonyl (C=O) groups is 1. The van der Waals surface area contributed by atoms with E-state index in [1.807, 2.05) is 17.0 Å². The third kappa shape index (κ3) is 3.53. The van der Waals surface area contributed by atoms with Crippen LogP contribution in [0.25, 0.3) is 0 Å². The lowest BCUT2D eigenvalue weighted by molar-refractivity contribution is -0.131. The number of anilines is 1. The Kier molecular flexibility index (Phi) is 4.83. The highest BCUT2D eigenvalue weighted by Gasteiger charge is 2.23. The van der Waals surface area contributed by atoms with Gasteiger partial charge in [-0.05, 0) is 37.1 Å². The second kappa shape index (κ2) is 7.01. The van der Waals surface area contributed by atoms with Gasteiger partial charge in [-0.15, -0.1) is 0 Å². The summed E-state index contributed by atoms with van der Waals surface area (Å²) in [6.07, 6.45) is 2.33. The molecule has 2 aliphatic heterocycles. The van der Waals surface area contributed by atoms with Crippen LogP contribution in [0.3, 0.4) is 0 Å². The summed E-state index contributed by atoms with van der Waals surface area (Å²) in [5.41, 5.74) is 1.23. The van der Waals surface area contributed by atoms with Crippen LogP contribution in [0.15, 0.2) is 24.3 Å². The highest BCUT2D eigenvalue weighted by atomic mass is 16.5. The maximum absolute atomic E-state index is 12.2. The number of benzene rings is 1. The Morgan fingerprint density at radius 1 is 1.00 bits per heavy atom. The molecule has 2 saturated heterocycles. The molecular weight excluding hydrogens is 278 g/mol. The van der Waals surface area contributed by atoms with E-state index in [2.05, 4.69) is 21.9 Å². The minimum absolute atomic E-state index is 0.301. The summed E-state index contributed by atoms with van der Waals surface area (Å²) in [4.78, 5) is 18.9. The van der Waals surface area contributed by atoms with Crippen molar-refractivity contribution in [3.05, 3.63) is 24.3 Å². The van der Waals surface area contributed by atoms with E-state index in [1.54, 1.807) is 7.11 Å². The van der Waals surface area contributed by atoms with Gasteiger partial charge >= 0.3 is 0 Å². The second-order valence-electron chi connectivity index (χ2n) is 6.05. The molecule has 0 unspecified atom stereocenters. The quantitative estimate of drug-likeness (QED) is 0.843. The molecule has 1 aromatic carbocycles. The number of hydrogen-bond donors (Lipinski definition) is 0. The van der Waals surface area contributed by atoms with Crippen molar-refractivity contribution in [2.45, 2.75) is 12.8 Å². The monoisotopic (exact) mass is 303 g/mol. The van der Waals surface area contributed by atoms with E-state index in [4.69, 9.17) is 4.74 Å². The van der Waals surface area contributed by atoms with Crippen molar-refractivity contribution in [2.24, 2.45) is 0 Å². The molecule has 5 heteroatoms. The lowest BCUT2D eigenvalue weighted by Crippen LogP contribution is -2.49. The van der Waals surface area contributed by atoms with Gasteiger partial charge in [0.15, 0.2) is 0 Å². The van der Waals surface area contributed by atoms with E-state index in [0.717, 1.165) is 57.9 Å². The normalized spacial score (nSPS) is 19.5. The fourth-order valence-electron chi connectivity index (χ4n) is 3.22. The SMILES string of the molecule is COc1ccc(N2CCN(CC(=O)N3CCCC3)CC2)cc1. The highest BCUT2D eigenvalue weighted by molar-refractivity contribution is 5.78. The van der Waals surface area contributed by atoms with E-state index in [-0.39, 0.29) is 0 Å². The van der Waals surface area contributed by atoms with Crippen LogP contribution in [0, 0.1) is 0 Å². The first kappa shape index (κ1) is 15.2. The predicted octanol–water partition coefficient (Wildman–Crippen LogP) is 1.44. The maximum Gasteiger partial charge on any atom is 0.236 e. The molecule has 0 saturated carbocycles. The van der Waals surface area contributed by atoms with Crippen LogP contribution >= 0.6 is 0 Å². The summed E-state index contributed by atoms with van der Waals surface area (Å²) < 4.78 is 5.20. The van der Waals surface area contributed by atoms with E-state index < -0.39 is 0 Å². The average molecular weight is 303 g/mol. The molecule has 120 valence electrons. The Bertz CT molecular complexity index is 489. The zero-order valence-electron chi connectivity index (χ0n) is 13.3. The van der Waals surface area contributed by atoms with Crippen molar-refractivity contribution in [1.82, 2.24) is 9.80 Å². The molecule has 1 aromatic rings. The van der Waals surface area contributed by atoms with Crippen LogP contribution in [0.2, 0.25) is 0 Å². The molecule has 0 aliphatic carbocycles. The summed E-state index contributed by atoms with van der Waals surface area (Å²) in [6, 6.07) is 8.20. The largest absolute Gasteiger partial charge is 0.497 e.